The van der Waals surface area contributed by atoms with E-state index in [1.807, 2.05) is 0 Å². The van der Waals surface area contributed by atoms with Gasteiger partial charge in [-0.3, -0.25) is 9.78 Å². The molecule has 0 saturated carbocycles. The topological polar surface area (TPSA) is 94.6 Å². The number of carbonyl (C=O) groups is 3. The Morgan fingerprint density at radius 2 is 2.03 bits per heavy atom. The molecule has 1 atom stereocenters. The van der Waals surface area contributed by atoms with Crippen LogP contribution >= 0.6 is 11.3 Å². The molecule has 0 fully saturated rings. The number of carbonyl (C=O) groups excluding carboxylic acids is 3. The second-order valence-electron chi connectivity index (χ2n) is 7.05. The number of anilines is 1. The van der Waals surface area contributed by atoms with Crippen molar-refractivity contribution in [2.24, 2.45) is 5.92 Å². The average Bonchev–Trinajstić information content (AvgIpc) is 3.08. The van der Waals surface area contributed by atoms with Crippen molar-refractivity contribution < 1.29 is 23.9 Å². The first-order valence-corrected chi connectivity index (χ1v) is 10.7. The Kier molecular flexibility index (Phi) is 7.35. The highest BCUT2D eigenvalue weighted by Crippen LogP contribution is 2.40. The number of fused-ring (bicyclic) bond motifs is 1. The molecule has 0 spiro atoms. The van der Waals surface area contributed by atoms with Gasteiger partial charge in [0.25, 0.3) is 5.91 Å². The smallest absolute Gasteiger partial charge is 0.341 e. The number of amides is 1. The Morgan fingerprint density at radius 1 is 1.27 bits per heavy atom. The number of thiophene rings is 1. The van der Waals surface area contributed by atoms with Crippen LogP contribution in [0.15, 0.2) is 30.6 Å². The highest BCUT2D eigenvalue weighted by molar-refractivity contribution is 7.17. The van der Waals surface area contributed by atoms with Crippen LogP contribution in [0.5, 0.6) is 0 Å². The van der Waals surface area contributed by atoms with E-state index in [9.17, 15) is 14.4 Å². The van der Waals surface area contributed by atoms with Crippen LogP contribution in [0, 0.1) is 5.92 Å². The maximum atomic E-state index is 12.5. The lowest BCUT2D eigenvalue weighted by Gasteiger charge is -2.18. The lowest BCUT2D eigenvalue weighted by atomic mass is 9.88. The van der Waals surface area contributed by atoms with Crippen LogP contribution in [0.3, 0.4) is 0 Å². The van der Waals surface area contributed by atoms with E-state index in [0.717, 1.165) is 35.3 Å². The van der Waals surface area contributed by atoms with Crippen molar-refractivity contribution in [1.82, 2.24) is 4.98 Å². The fourth-order valence-electron chi connectivity index (χ4n) is 3.24. The zero-order chi connectivity index (χ0) is 21.5. The predicted molar refractivity (Wildman–Crippen MR) is 114 cm³/mol. The minimum Gasteiger partial charge on any atom is -0.462 e. The zero-order valence-electron chi connectivity index (χ0n) is 17.0. The van der Waals surface area contributed by atoms with Crippen molar-refractivity contribution in [3.05, 3.63) is 52.2 Å². The lowest BCUT2D eigenvalue weighted by Crippen LogP contribution is -2.21. The molecule has 1 amide bonds. The molecule has 0 saturated heterocycles. The monoisotopic (exact) mass is 428 g/mol. The van der Waals surface area contributed by atoms with Gasteiger partial charge in [-0.25, -0.2) is 9.59 Å². The molecule has 0 aliphatic heterocycles. The predicted octanol–water partition coefficient (Wildman–Crippen LogP) is 3.64. The molecule has 1 aliphatic carbocycles. The Balaban J connectivity index is 1.63. The van der Waals surface area contributed by atoms with Gasteiger partial charge in [0.1, 0.15) is 5.00 Å². The molecule has 1 N–H and O–H groups in total. The molecule has 1 unspecified atom stereocenters. The SMILES string of the molecule is CCOC(=O)c1c(NC(=O)COC(=O)/C=C/c2ccncc2)sc2c1CCC(C)C2. The van der Waals surface area contributed by atoms with Gasteiger partial charge in [-0.15, -0.1) is 11.3 Å². The van der Waals surface area contributed by atoms with Crippen LogP contribution in [0.25, 0.3) is 6.08 Å². The molecule has 158 valence electrons. The van der Waals surface area contributed by atoms with E-state index in [4.69, 9.17) is 9.47 Å². The number of hydrogen-bond donors (Lipinski definition) is 1. The molecule has 30 heavy (non-hydrogen) atoms. The molecule has 2 aromatic heterocycles. The van der Waals surface area contributed by atoms with Gasteiger partial charge in [0.05, 0.1) is 12.2 Å². The summed E-state index contributed by atoms with van der Waals surface area (Å²) < 4.78 is 10.2. The first-order chi connectivity index (χ1) is 14.5. The van der Waals surface area contributed by atoms with E-state index in [0.29, 0.717) is 16.5 Å². The summed E-state index contributed by atoms with van der Waals surface area (Å²) in [5.74, 6) is -1.04. The van der Waals surface area contributed by atoms with Crippen molar-refractivity contribution in [1.29, 1.82) is 0 Å². The quantitative estimate of drug-likeness (QED) is 0.534. The van der Waals surface area contributed by atoms with E-state index in [2.05, 4.69) is 17.2 Å². The Morgan fingerprint density at radius 3 is 2.77 bits per heavy atom. The van der Waals surface area contributed by atoms with Crippen LogP contribution in [0.1, 0.15) is 46.6 Å². The van der Waals surface area contributed by atoms with Crippen molar-refractivity contribution in [3.63, 3.8) is 0 Å². The van der Waals surface area contributed by atoms with E-state index < -0.39 is 24.5 Å². The zero-order valence-corrected chi connectivity index (χ0v) is 17.8. The molecule has 8 heteroatoms. The summed E-state index contributed by atoms with van der Waals surface area (Å²) in [7, 11) is 0. The van der Waals surface area contributed by atoms with Gasteiger partial charge in [-0.2, -0.15) is 0 Å². The molecule has 0 bridgehead atoms. The van der Waals surface area contributed by atoms with E-state index in [1.165, 1.54) is 17.4 Å². The third kappa shape index (κ3) is 5.54. The van der Waals surface area contributed by atoms with Crippen molar-refractivity contribution in [2.75, 3.05) is 18.5 Å². The van der Waals surface area contributed by atoms with Crippen molar-refractivity contribution in [2.45, 2.75) is 33.1 Å². The summed E-state index contributed by atoms with van der Waals surface area (Å²) >= 11 is 1.40. The largest absolute Gasteiger partial charge is 0.462 e. The molecule has 3 rings (SSSR count). The number of hydrogen-bond acceptors (Lipinski definition) is 7. The van der Waals surface area contributed by atoms with Gasteiger partial charge in [0.2, 0.25) is 0 Å². The highest BCUT2D eigenvalue weighted by Gasteiger charge is 2.29. The highest BCUT2D eigenvalue weighted by atomic mass is 32.1. The molecule has 0 radical (unpaired) electrons. The number of pyridine rings is 1. The fourth-order valence-corrected chi connectivity index (χ4v) is 4.66. The second kappa shape index (κ2) is 10.2. The van der Waals surface area contributed by atoms with Gasteiger partial charge >= 0.3 is 11.9 Å². The Hall–Kier alpha value is -3.00. The van der Waals surface area contributed by atoms with Crippen LogP contribution in [-0.2, 0) is 31.9 Å². The summed E-state index contributed by atoms with van der Waals surface area (Å²) in [5.41, 5.74) is 2.19. The molecule has 0 aromatic carbocycles. The maximum absolute atomic E-state index is 12.5. The summed E-state index contributed by atoms with van der Waals surface area (Å²) in [4.78, 5) is 41.7. The van der Waals surface area contributed by atoms with E-state index in [1.54, 1.807) is 37.5 Å². The number of esters is 2. The van der Waals surface area contributed by atoms with Crippen molar-refractivity contribution in [3.8, 4) is 0 Å². The summed E-state index contributed by atoms with van der Waals surface area (Å²) in [6, 6.07) is 3.49. The first kappa shape index (κ1) is 21.7. The Bertz CT molecular complexity index is 952. The number of nitrogens with zero attached hydrogens (tertiary/aromatic N) is 1. The molecule has 2 heterocycles. The van der Waals surface area contributed by atoms with Gasteiger partial charge in [-0.1, -0.05) is 6.92 Å². The summed E-state index contributed by atoms with van der Waals surface area (Å²) in [6.45, 7) is 3.73. The standard InChI is InChI=1S/C22H24N2O5S/c1-3-28-22(27)20-16-6-4-14(2)12-17(16)30-21(20)24-18(25)13-29-19(26)7-5-15-8-10-23-11-9-15/h5,7-11,14H,3-4,6,12-13H2,1-2H3,(H,24,25)/b7-5+. The minimum absolute atomic E-state index is 0.259. The second-order valence-corrected chi connectivity index (χ2v) is 8.15. The van der Waals surface area contributed by atoms with E-state index >= 15 is 0 Å². The first-order valence-electron chi connectivity index (χ1n) is 9.84. The van der Waals surface area contributed by atoms with Crippen LogP contribution in [0.4, 0.5) is 5.00 Å². The molecular formula is C22H24N2O5S. The number of ether oxygens (including phenoxy) is 2. The average molecular weight is 429 g/mol. The molecule has 2 aromatic rings. The number of nitrogens with one attached hydrogen (secondary N) is 1. The number of rotatable bonds is 7. The third-order valence-electron chi connectivity index (χ3n) is 4.71. The summed E-state index contributed by atoms with van der Waals surface area (Å²) in [5, 5.41) is 3.18. The summed E-state index contributed by atoms with van der Waals surface area (Å²) in [6.07, 6.45) is 8.70. The van der Waals surface area contributed by atoms with E-state index in [-0.39, 0.29) is 6.61 Å². The molecular weight excluding hydrogens is 404 g/mol. The molecule has 7 nitrogen and oxygen atoms in total. The van der Waals surface area contributed by atoms with Crippen molar-refractivity contribution >= 4 is 40.3 Å². The van der Waals surface area contributed by atoms with Crippen LogP contribution in [0.2, 0.25) is 0 Å². The maximum Gasteiger partial charge on any atom is 0.341 e. The van der Waals surface area contributed by atoms with Crippen LogP contribution < -0.4 is 5.32 Å². The van der Waals surface area contributed by atoms with Gasteiger partial charge in [0.15, 0.2) is 6.61 Å². The molecule has 1 aliphatic rings. The van der Waals surface area contributed by atoms with Gasteiger partial charge in [-0.05, 0) is 61.4 Å². The normalized spacial score (nSPS) is 15.5. The Labute approximate surface area is 179 Å². The number of aromatic nitrogens is 1. The third-order valence-corrected chi connectivity index (χ3v) is 5.88. The fraction of sp³-hybridized carbons (Fsp3) is 0.364. The lowest BCUT2D eigenvalue weighted by molar-refractivity contribution is -0.142. The van der Waals surface area contributed by atoms with Gasteiger partial charge in [0, 0.05) is 23.3 Å². The van der Waals surface area contributed by atoms with Crippen LogP contribution in [-0.4, -0.2) is 36.0 Å². The minimum atomic E-state index is -0.633. The van der Waals surface area contributed by atoms with Gasteiger partial charge < -0.3 is 14.8 Å².